The number of nitrogens with one attached hydrogen (secondary N) is 1. The fourth-order valence-corrected chi connectivity index (χ4v) is 5.61. The second kappa shape index (κ2) is 14.8. The van der Waals surface area contributed by atoms with Crippen LogP contribution in [0.1, 0.15) is 37.0 Å². The first-order valence-corrected chi connectivity index (χ1v) is 14.6. The Bertz CT molecular complexity index is 1210. The maximum Gasteiger partial charge on any atom is 0.243 e. The quantitative estimate of drug-likeness (QED) is 0.235. The van der Waals surface area contributed by atoms with Gasteiger partial charge >= 0.3 is 0 Å². The van der Waals surface area contributed by atoms with Gasteiger partial charge in [-0.15, -0.1) is 11.8 Å². The summed E-state index contributed by atoms with van der Waals surface area (Å²) in [5.41, 5.74) is 1.80. The summed E-state index contributed by atoms with van der Waals surface area (Å²) in [5.74, 6) is -0.762. The van der Waals surface area contributed by atoms with Gasteiger partial charge in [-0.1, -0.05) is 84.2 Å². The van der Waals surface area contributed by atoms with E-state index >= 15 is 0 Å². The molecule has 2 amide bonds. The third-order valence-corrected chi connectivity index (χ3v) is 8.20. The number of benzene rings is 3. The van der Waals surface area contributed by atoms with Crippen LogP contribution in [0, 0.1) is 5.82 Å². The average Bonchev–Trinajstić information content (AvgIpc) is 2.89. The standard InChI is InChI=1S/C29H30Cl3FN2O2S/c1-3-19(2)34-29(37)27(15-20-9-5-4-6-10-20)35(16-21-23(30)11-7-12-24(21)31)28(36)18-38-17-22-25(32)13-8-14-26(22)33/h4-14,19,27H,3,15-18H2,1-2H3,(H,34,37)/t19-,27-/m1/s1. The topological polar surface area (TPSA) is 49.4 Å². The van der Waals surface area contributed by atoms with Crippen molar-refractivity contribution in [3.8, 4) is 0 Å². The number of thioether (sulfide) groups is 1. The highest BCUT2D eigenvalue weighted by Crippen LogP contribution is 2.29. The Hall–Kier alpha value is -2.25. The number of amides is 2. The zero-order chi connectivity index (χ0) is 27.7. The molecule has 38 heavy (non-hydrogen) atoms. The minimum Gasteiger partial charge on any atom is -0.352 e. The first-order valence-electron chi connectivity index (χ1n) is 12.3. The van der Waals surface area contributed by atoms with Crippen molar-refractivity contribution >= 4 is 58.4 Å². The molecule has 4 nitrogen and oxygen atoms in total. The largest absolute Gasteiger partial charge is 0.352 e. The lowest BCUT2D eigenvalue weighted by atomic mass is 10.0. The minimum absolute atomic E-state index is 0.00857. The molecular formula is C29H30Cl3FN2O2S. The highest BCUT2D eigenvalue weighted by atomic mass is 35.5. The Labute approximate surface area is 242 Å². The van der Waals surface area contributed by atoms with Crippen LogP contribution in [-0.4, -0.2) is 34.6 Å². The van der Waals surface area contributed by atoms with Crippen molar-refractivity contribution in [2.24, 2.45) is 0 Å². The first-order chi connectivity index (χ1) is 18.2. The van der Waals surface area contributed by atoms with Gasteiger partial charge in [0.25, 0.3) is 0 Å². The normalized spacial score (nSPS) is 12.6. The van der Waals surface area contributed by atoms with Crippen LogP contribution >= 0.6 is 46.6 Å². The van der Waals surface area contributed by atoms with E-state index in [0.717, 1.165) is 12.0 Å². The SMILES string of the molecule is CC[C@@H](C)NC(=O)[C@@H](Cc1ccccc1)N(Cc1c(Cl)cccc1Cl)C(=O)CSCc1c(F)cccc1Cl. The fraction of sp³-hybridized carbons (Fsp3) is 0.310. The second-order valence-electron chi connectivity index (χ2n) is 8.94. The number of hydrogen-bond donors (Lipinski definition) is 1. The van der Waals surface area contributed by atoms with Crippen LogP contribution in [0.5, 0.6) is 0 Å². The summed E-state index contributed by atoms with van der Waals surface area (Å²) in [6.45, 7) is 3.94. The van der Waals surface area contributed by atoms with E-state index in [-0.39, 0.29) is 35.9 Å². The molecule has 0 aliphatic carbocycles. The molecule has 0 aromatic heterocycles. The van der Waals surface area contributed by atoms with Crippen LogP contribution in [0.4, 0.5) is 4.39 Å². The van der Waals surface area contributed by atoms with E-state index in [4.69, 9.17) is 34.8 Å². The number of hydrogen-bond acceptors (Lipinski definition) is 3. The third-order valence-electron chi connectivity index (χ3n) is 6.20. The zero-order valence-electron chi connectivity index (χ0n) is 21.2. The average molecular weight is 596 g/mol. The summed E-state index contributed by atoms with van der Waals surface area (Å²) in [6, 6.07) is 18.3. The van der Waals surface area contributed by atoms with Crippen LogP contribution < -0.4 is 5.32 Å². The maximum absolute atomic E-state index is 14.3. The summed E-state index contributed by atoms with van der Waals surface area (Å²) < 4.78 is 14.3. The van der Waals surface area contributed by atoms with E-state index in [1.165, 1.54) is 28.8 Å². The molecule has 0 spiro atoms. The van der Waals surface area contributed by atoms with Gasteiger partial charge in [-0.3, -0.25) is 9.59 Å². The molecule has 0 bridgehead atoms. The Kier molecular flexibility index (Phi) is 11.8. The number of rotatable bonds is 12. The van der Waals surface area contributed by atoms with E-state index in [1.54, 1.807) is 24.3 Å². The van der Waals surface area contributed by atoms with Crippen molar-refractivity contribution in [3.05, 3.63) is 104 Å². The minimum atomic E-state index is -0.816. The highest BCUT2D eigenvalue weighted by molar-refractivity contribution is 7.99. The number of carbonyl (C=O) groups excluding carboxylic acids is 2. The van der Waals surface area contributed by atoms with Crippen molar-refractivity contribution in [3.63, 3.8) is 0 Å². The van der Waals surface area contributed by atoms with Crippen molar-refractivity contribution in [1.82, 2.24) is 10.2 Å². The molecule has 3 rings (SSSR count). The molecule has 0 aliphatic rings. The Balaban J connectivity index is 1.92. The molecule has 0 aliphatic heterocycles. The number of halogens is 4. The van der Waals surface area contributed by atoms with Crippen LogP contribution in [0.15, 0.2) is 66.7 Å². The molecule has 0 radical (unpaired) electrons. The molecule has 1 N–H and O–H groups in total. The lowest BCUT2D eigenvalue weighted by Gasteiger charge is -2.32. The third kappa shape index (κ3) is 8.37. The molecule has 0 saturated carbocycles. The summed E-state index contributed by atoms with van der Waals surface area (Å²) in [6.07, 6.45) is 1.05. The van der Waals surface area contributed by atoms with Crippen LogP contribution in [-0.2, 0) is 28.3 Å². The molecule has 0 heterocycles. The van der Waals surface area contributed by atoms with Crippen LogP contribution in [0.2, 0.25) is 15.1 Å². The van der Waals surface area contributed by atoms with E-state index < -0.39 is 11.9 Å². The van der Waals surface area contributed by atoms with E-state index in [1.807, 2.05) is 44.2 Å². The summed E-state index contributed by atoms with van der Waals surface area (Å²) in [7, 11) is 0. The smallest absolute Gasteiger partial charge is 0.243 e. The molecule has 0 saturated heterocycles. The first kappa shape index (κ1) is 30.3. The summed E-state index contributed by atoms with van der Waals surface area (Å²) >= 11 is 20.3. The molecule has 9 heteroatoms. The number of nitrogens with zero attached hydrogens (tertiary/aromatic N) is 1. The number of carbonyl (C=O) groups is 2. The van der Waals surface area contributed by atoms with Gasteiger partial charge in [0.1, 0.15) is 11.9 Å². The maximum atomic E-state index is 14.3. The van der Waals surface area contributed by atoms with Crippen LogP contribution in [0.25, 0.3) is 0 Å². The lowest BCUT2D eigenvalue weighted by Crippen LogP contribution is -2.52. The highest BCUT2D eigenvalue weighted by Gasteiger charge is 2.31. The molecule has 2 atom stereocenters. The Morgan fingerprint density at radius 3 is 2.13 bits per heavy atom. The molecule has 202 valence electrons. The molecule has 0 fully saturated rings. The summed E-state index contributed by atoms with van der Waals surface area (Å²) in [4.78, 5) is 28.8. The van der Waals surface area contributed by atoms with E-state index in [2.05, 4.69) is 5.32 Å². The monoisotopic (exact) mass is 594 g/mol. The molecule has 3 aromatic carbocycles. The fourth-order valence-electron chi connectivity index (χ4n) is 3.84. The van der Waals surface area contributed by atoms with Gasteiger partial charge in [0, 0.05) is 51.0 Å². The zero-order valence-corrected chi connectivity index (χ0v) is 24.3. The lowest BCUT2D eigenvalue weighted by molar-refractivity contribution is -0.139. The molecular weight excluding hydrogens is 566 g/mol. The van der Waals surface area contributed by atoms with Gasteiger partial charge < -0.3 is 10.2 Å². The van der Waals surface area contributed by atoms with E-state index in [9.17, 15) is 14.0 Å². The molecule has 3 aromatic rings. The van der Waals surface area contributed by atoms with Crippen LogP contribution in [0.3, 0.4) is 0 Å². The predicted molar refractivity (Wildman–Crippen MR) is 156 cm³/mol. The Morgan fingerprint density at radius 2 is 1.53 bits per heavy atom. The van der Waals surface area contributed by atoms with Crippen molar-refractivity contribution < 1.29 is 14.0 Å². The Morgan fingerprint density at radius 1 is 0.921 bits per heavy atom. The van der Waals surface area contributed by atoms with Crippen molar-refractivity contribution in [2.45, 2.75) is 51.1 Å². The van der Waals surface area contributed by atoms with Gasteiger partial charge in [-0.05, 0) is 43.2 Å². The van der Waals surface area contributed by atoms with Gasteiger partial charge in [0.15, 0.2) is 0 Å². The van der Waals surface area contributed by atoms with Gasteiger partial charge in [-0.25, -0.2) is 4.39 Å². The second-order valence-corrected chi connectivity index (χ2v) is 11.1. The van der Waals surface area contributed by atoms with Gasteiger partial charge in [0.05, 0.1) is 5.75 Å². The predicted octanol–water partition coefficient (Wildman–Crippen LogP) is 7.57. The van der Waals surface area contributed by atoms with Gasteiger partial charge in [0.2, 0.25) is 11.8 Å². The van der Waals surface area contributed by atoms with Gasteiger partial charge in [-0.2, -0.15) is 0 Å². The summed E-state index contributed by atoms with van der Waals surface area (Å²) in [5, 5.41) is 4.14. The van der Waals surface area contributed by atoms with Crippen molar-refractivity contribution in [2.75, 3.05) is 5.75 Å². The molecule has 0 unspecified atom stereocenters. The van der Waals surface area contributed by atoms with E-state index in [0.29, 0.717) is 32.6 Å². The van der Waals surface area contributed by atoms with Crippen molar-refractivity contribution in [1.29, 1.82) is 0 Å².